The van der Waals surface area contributed by atoms with Gasteiger partial charge in [-0.3, -0.25) is 0 Å². The third-order valence-corrected chi connectivity index (χ3v) is 3.55. The molecule has 5 heteroatoms. The summed E-state index contributed by atoms with van der Waals surface area (Å²) in [5.41, 5.74) is 8.09. The van der Waals surface area contributed by atoms with Crippen molar-refractivity contribution < 1.29 is 9.90 Å². The first-order chi connectivity index (χ1) is 9.06. The fourth-order valence-corrected chi connectivity index (χ4v) is 2.61. The van der Waals surface area contributed by atoms with Gasteiger partial charge in [-0.2, -0.15) is 11.3 Å². The minimum absolute atomic E-state index is 0.132. The van der Waals surface area contributed by atoms with E-state index in [2.05, 4.69) is 23.7 Å². The van der Waals surface area contributed by atoms with E-state index in [1.807, 2.05) is 5.38 Å². The minimum Gasteiger partial charge on any atom is -0.478 e. The van der Waals surface area contributed by atoms with E-state index in [-0.39, 0.29) is 17.3 Å². The smallest absolute Gasteiger partial charge is 0.337 e. The van der Waals surface area contributed by atoms with Gasteiger partial charge in [0.15, 0.2) is 0 Å². The van der Waals surface area contributed by atoms with Gasteiger partial charge in [-0.25, -0.2) is 4.79 Å². The van der Waals surface area contributed by atoms with E-state index < -0.39 is 5.97 Å². The maximum absolute atomic E-state index is 11.0. The van der Waals surface area contributed by atoms with Crippen LogP contribution in [0.25, 0.3) is 0 Å². The van der Waals surface area contributed by atoms with Crippen molar-refractivity contribution in [2.75, 3.05) is 11.1 Å². The Morgan fingerprint density at radius 2 is 2.26 bits per heavy atom. The van der Waals surface area contributed by atoms with Gasteiger partial charge in [0.1, 0.15) is 0 Å². The Bertz CT molecular complexity index is 567. The van der Waals surface area contributed by atoms with Crippen LogP contribution in [0.5, 0.6) is 0 Å². The molecule has 4 nitrogen and oxygen atoms in total. The van der Waals surface area contributed by atoms with Gasteiger partial charge in [-0.1, -0.05) is 0 Å². The average Bonchev–Trinajstić information content (AvgIpc) is 2.84. The predicted octanol–water partition coefficient (Wildman–Crippen LogP) is 3.07. The number of thiophene rings is 1. The number of nitrogens with one attached hydrogen (secondary N) is 1. The van der Waals surface area contributed by atoms with Gasteiger partial charge in [-0.05, 0) is 53.9 Å². The van der Waals surface area contributed by atoms with Crippen molar-refractivity contribution in [1.29, 1.82) is 0 Å². The monoisotopic (exact) mass is 276 g/mol. The molecule has 1 atom stereocenters. The van der Waals surface area contributed by atoms with Crippen LogP contribution in [0.2, 0.25) is 0 Å². The van der Waals surface area contributed by atoms with Crippen LogP contribution in [0, 0.1) is 0 Å². The molecule has 4 N–H and O–H groups in total. The number of rotatable bonds is 5. The molecule has 0 fully saturated rings. The number of carboxylic acids is 1. The average molecular weight is 276 g/mol. The first-order valence-electron chi connectivity index (χ1n) is 5.96. The van der Waals surface area contributed by atoms with Crippen molar-refractivity contribution in [3.8, 4) is 0 Å². The molecule has 0 saturated carbocycles. The molecule has 0 aliphatic rings. The van der Waals surface area contributed by atoms with Gasteiger partial charge in [0.25, 0.3) is 0 Å². The van der Waals surface area contributed by atoms with Crippen molar-refractivity contribution >= 4 is 28.7 Å². The van der Waals surface area contributed by atoms with Gasteiger partial charge in [-0.15, -0.1) is 0 Å². The molecule has 0 amide bonds. The van der Waals surface area contributed by atoms with Crippen molar-refractivity contribution in [3.05, 3.63) is 46.2 Å². The highest BCUT2D eigenvalue weighted by Gasteiger charge is 2.10. The van der Waals surface area contributed by atoms with Crippen molar-refractivity contribution in [3.63, 3.8) is 0 Å². The first kappa shape index (κ1) is 13.4. The molecular weight excluding hydrogens is 260 g/mol. The Morgan fingerprint density at radius 3 is 2.89 bits per heavy atom. The number of nitrogens with two attached hydrogens (primary N) is 1. The zero-order chi connectivity index (χ0) is 13.8. The number of aromatic carboxylic acids is 1. The standard InChI is InChI=1S/C14H16N2O2S/c1-9(6-10-4-5-19-8-10)16-11-2-3-13(15)12(7-11)14(17)18/h2-5,7-9,16H,6,15H2,1H3,(H,17,18). The molecule has 19 heavy (non-hydrogen) atoms. The van der Waals surface area contributed by atoms with E-state index in [4.69, 9.17) is 10.8 Å². The van der Waals surface area contributed by atoms with Gasteiger partial charge in [0.2, 0.25) is 0 Å². The van der Waals surface area contributed by atoms with E-state index in [0.717, 1.165) is 12.1 Å². The largest absolute Gasteiger partial charge is 0.478 e. The van der Waals surface area contributed by atoms with E-state index in [0.29, 0.717) is 0 Å². The number of carboxylic acid groups (broad SMARTS) is 1. The summed E-state index contributed by atoms with van der Waals surface area (Å²) in [7, 11) is 0. The highest BCUT2D eigenvalue weighted by molar-refractivity contribution is 7.07. The lowest BCUT2D eigenvalue weighted by atomic mass is 10.1. The van der Waals surface area contributed by atoms with Crippen LogP contribution in [-0.4, -0.2) is 17.1 Å². The maximum Gasteiger partial charge on any atom is 0.337 e. The zero-order valence-corrected chi connectivity index (χ0v) is 11.4. The van der Waals surface area contributed by atoms with E-state index in [1.54, 1.807) is 29.5 Å². The van der Waals surface area contributed by atoms with Crippen LogP contribution in [0.15, 0.2) is 35.0 Å². The lowest BCUT2D eigenvalue weighted by Gasteiger charge is -2.15. The number of hydrogen-bond acceptors (Lipinski definition) is 4. The lowest BCUT2D eigenvalue weighted by Crippen LogP contribution is -2.18. The Labute approximate surface area is 115 Å². The van der Waals surface area contributed by atoms with E-state index >= 15 is 0 Å². The normalized spacial score (nSPS) is 12.1. The maximum atomic E-state index is 11.0. The molecule has 2 aromatic rings. The molecule has 2 rings (SSSR count). The number of benzene rings is 1. The number of carbonyl (C=O) groups is 1. The van der Waals surface area contributed by atoms with Crippen molar-refractivity contribution in [1.82, 2.24) is 0 Å². The summed E-state index contributed by atoms with van der Waals surface area (Å²) in [5, 5.41) is 16.5. The Balaban J connectivity index is 2.06. The number of nitrogen functional groups attached to an aromatic ring is 1. The summed E-state index contributed by atoms with van der Waals surface area (Å²) >= 11 is 1.67. The molecule has 0 spiro atoms. The highest BCUT2D eigenvalue weighted by atomic mass is 32.1. The van der Waals surface area contributed by atoms with E-state index in [9.17, 15) is 4.79 Å². The molecule has 0 aliphatic carbocycles. The van der Waals surface area contributed by atoms with Crippen LogP contribution in [0.1, 0.15) is 22.8 Å². The zero-order valence-electron chi connectivity index (χ0n) is 10.6. The fraction of sp³-hybridized carbons (Fsp3) is 0.214. The summed E-state index contributed by atoms with van der Waals surface area (Å²) in [6, 6.07) is 7.30. The molecule has 100 valence electrons. The first-order valence-corrected chi connectivity index (χ1v) is 6.91. The Hall–Kier alpha value is -2.01. The quantitative estimate of drug-likeness (QED) is 0.734. The fourth-order valence-electron chi connectivity index (χ4n) is 1.93. The lowest BCUT2D eigenvalue weighted by molar-refractivity contribution is 0.0698. The molecule has 1 aromatic carbocycles. The highest BCUT2D eigenvalue weighted by Crippen LogP contribution is 2.19. The predicted molar refractivity (Wildman–Crippen MR) is 78.9 cm³/mol. The second-order valence-electron chi connectivity index (χ2n) is 4.49. The molecule has 1 heterocycles. The van der Waals surface area contributed by atoms with Gasteiger partial charge >= 0.3 is 5.97 Å². The van der Waals surface area contributed by atoms with Crippen LogP contribution >= 0.6 is 11.3 Å². The van der Waals surface area contributed by atoms with Gasteiger partial charge in [0, 0.05) is 17.4 Å². The second kappa shape index (κ2) is 5.75. The minimum atomic E-state index is -1.01. The second-order valence-corrected chi connectivity index (χ2v) is 5.27. The van der Waals surface area contributed by atoms with Crippen LogP contribution in [-0.2, 0) is 6.42 Å². The SMILES string of the molecule is CC(Cc1ccsc1)Nc1ccc(N)c(C(=O)O)c1. The molecule has 0 aliphatic heterocycles. The third-order valence-electron chi connectivity index (χ3n) is 2.82. The summed E-state index contributed by atoms with van der Waals surface area (Å²) in [5.74, 6) is -1.01. The topological polar surface area (TPSA) is 75.3 Å². The number of hydrogen-bond donors (Lipinski definition) is 3. The van der Waals surface area contributed by atoms with Crippen molar-refractivity contribution in [2.45, 2.75) is 19.4 Å². The molecule has 0 bridgehead atoms. The van der Waals surface area contributed by atoms with Crippen LogP contribution < -0.4 is 11.1 Å². The molecular formula is C14H16N2O2S. The summed E-state index contributed by atoms with van der Waals surface area (Å²) in [6.45, 7) is 2.06. The van der Waals surface area contributed by atoms with Gasteiger partial charge in [0.05, 0.1) is 5.56 Å². The summed E-state index contributed by atoms with van der Waals surface area (Å²) in [4.78, 5) is 11.0. The summed E-state index contributed by atoms with van der Waals surface area (Å²) < 4.78 is 0. The Morgan fingerprint density at radius 1 is 1.47 bits per heavy atom. The van der Waals surface area contributed by atoms with Crippen molar-refractivity contribution in [2.24, 2.45) is 0 Å². The van der Waals surface area contributed by atoms with Crippen LogP contribution in [0.3, 0.4) is 0 Å². The molecule has 0 radical (unpaired) electrons. The summed E-state index contributed by atoms with van der Waals surface area (Å²) in [6.07, 6.45) is 0.899. The Kier molecular flexibility index (Phi) is 4.06. The third kappa shape index (κ3) is 3.48. The molecule has 1 unspecified atom stereocenters. The van der Waals surface area contributed by atoms with E-state index in [1.165, 1.54) is 5.56 Å². The molecule has 1 aromatic heterocycles. The van der Waals surface area contributed by atoms with Crippen LogP contribution in [0.4, 0.5) is 11.4 Å². The molecule has 0 saturated heterocycles. The van der Waals surface area contributed by atoms with Gasteiger partial charge < -0.3 is 16.2 Å². The number of anilines is 2.